The molecule has 3 rings (SSSR count). The first-order chi connectivity index (χ1) is 12.0. The molecular formula is C20H20N2O2S. The number of pyridine rings is 1. The van der Waals surface area contributed by atoms with Gasteiger partial charge in [-0.15, -0.1) is 0 Å². The molecule has 1 aromatic carbocycles. The van der Waals surface area contributed by atoms with Crippen molar-refractivity contribution in [1.82, 2.24) is 4.57 Å². The summed E-state index contributed by atoms with van der Waals surface area (Å²) >= 11 is 1.26. The van der Waals surface area contributed by atoms with E-state index < -0.39 is 0 Å². The molecular weight excluding hydrogens is 332 g/mol. The van der Waals surface area contributed by atoms with Crippen LogP contribution < -0.4 is 4.73 Å². The van der Waals surface area contributed by atoms with Crippen molar-refractivity contribution in [3.05, 3.63) is 82.4 Å². The molecule has 2 aromatic heterocycles. The minimum atomic E-state index is 0.0294. The number of hydrogen-bond donors (Lipinski definition) is 0. The maximum atomic E-state index is 12.7. The first-order valence-electron chi connectivity index (χ1n) is 8.08. The Morgan fingerprint density at radius 2 is 1.84 bits per heavy atom. The summed E-state index contributed by atoms with van der Waals surface area (Å²) in [7, 11) is 0. The van der Waals surface area contributed by atoms with Gasteiger partial charge in [0.15, 0.2) is 12.0 Å². The number of Topliss-reactive ketones (excluding diaryl/α,β-unsaturated/α-hetero) is 1. The third-order valence-electron chi connectivity index (χ3n) is 4.23. The fourth-order valence-corrected chi connectivity index (χ4v) is 3.77. The Hall–Kier alpha value is -2.53. The number of rotatable bonds is 5. The molecule has 25 heavy (non-hydrogen) atoms. The van der Waals surface area contributed by atoms with Gasteiger partial charge in [-0.2, -0.15) is 4.73 Å². The molecule has 0 aliphatic heterocycles. The number of carbonyl (C=O) groups excluding carboxylic acids is 1. The highest BCUT2D eigenvalue weighted by atomic mass is 32.2. The average molecular weight is 352 g/mol. The van der Waals surface area contributed by atoms with Crippen LogP contribution in [0.25, 0.3) is 5.69 Å². The van der Waals surface area contributed by atoms with Crippen LogP contribution in [0, 0.1) is 26.0 Å². The summed E-state index contributed by atoms with van der Waals surface area (Å²) in [6.07, 6.45) is 1.44. The first kappa shape index (κ1) is 17.3. The van der Waals surface area contributed by atoms with Crippen LogP contribution in [0.5, 0.6) is 0 Å². The summed E-state index contributed by atoms with van der Waals surface area (Å²) in [5.41, 5.74) is 4.92. The fourth-order valence-electron chi connectivity index (χ4n) is 2.97. The van der Waals surface area contributed by atoms with Gasteiger partial charge < -0.3 is 9.77 Å². The van der Waals surface area contributed by atoms with E-state index in [1.807, 2.05) is 32.0 Å². The highest BCUT2D eigenvalue weighted by molar-refractivity contribution is 7.99. The van der Waals surface area contributed by atoms with Crippen LogP contribution in [0.15, 0.2) is 59.8 Å². The molecule has 5 heteroatoms. The van der Waals surface area contributed by atoms with Gasteiger partial charge in [0, 0.05) is 34.8 Å². The van der Waals surface area contributed by atoms with Crippen molar-refractivity contribution in [2.75, 3.05) is 5.75 Å². The predicted octanol–water partition coefficient (Wildman–Crippen LogP) is 4.01. The van der Waals surface area contributed by atoms with Gasteiger partial charge in [-0.25, -0.2) is 0 Å². The number of benzene rings is 1. The number of para-hydroxylation sites is 1. The topological polar surface area (TPSA) is 48.9 Å². The van der Waals surface area contributed by atoms with Crippen molar-refractivity contribution >= 4 is 17.5 Å². The number of ketones is 1. The molecule has 0 aliphatic rings. The van der Waals surface area contributed by atoms with Crippen molar-refractivity contribution in [1.29, 1.82) is 0 Å². The standard InChI is InChI=1S/C20H20N2O2S/c1-14-8-4-5-9-18(14)22-15(2)12-17(16(22)3)19(23)13-25-20-10-6-7-11-21(20)24/h4-12H,13H2,1-3H3. The highest BCUT2D eigenvalue weighted by Gasteiger charge is 2.18. The number of nitrogens with zero attached hydrogens (tertiary/aromatic N) is 2. The molecule has 3 aromatic rings. The molecule has 0 saturated carbocycles. The summed E-state index contributed by atoms with van der Waals surface area (Å²) in [4.78, 5) is 12.7. The van der Waals surface area contributed by atoms with E-state index in [1.165, 1.54) is 18.0 Å². The molecule has 0 aliphatic carbocycles. The predicted molar refractivity (Wildman–Crippen MR) is 100 cm³/mol. The van der Waals surface area contributed by atoms with E-state index in [9.17, 15) is 10.0 Å². The molecule has 0 radical (unpaired) electrons. The summed E-state index contributed by atoms with van der Waals surface area (Å²) in [6.45, 7) is 6.04. The Morgan fingerprint density at radius 1 is 1.12 bits per heavy atom. The normalized spacial score (nSPS) is 10.8. The Labute approximate surface area is 151 Å². The molecule has 0 spiro atoms. The number of aryl methyl sites for hydroxylation is 2. The third-order valence-corrected chi connectivity index (χ3v) is 5.25. The minimum absolute atomic E-state index is 0.0294. The lowest BCUT2D eigenvalue weighted by molar-refractivity contribution is -0.645. The van der Waals surface area contributed by atoms with Crippen LogP contribution >= 0.6 is 11.8 Å². The van der Waals surface area contributed by atoms with Crippen molar-refractivity contribution in [2.24, 2.45) is 0 Å². The average Bonchev–Trinajstić information content (AvgIpc) is 2.89. The second-order valence-corrected chi connectivity index (χ2v) is 6.98. The lowest BCUT2D eigenvalue weighted by Crippen LogP contribution is -2.28. The van der Waals surface area contributed by atoms with E-state index in [2.05, 4.69) is 23.6 Å². The van der Waals surface area contributed by atoms with Crippen LogP contribution in [0.3, 0.4) is 0 Å². The molecule has 0 N–H and O–H groups in total. The molecule has 0 fully saturated rings. The monoisotopic (exact) mass is 352 g/mol. The molecule has 0 amide bonds. The molecule has 2 heterocycles. The van der Waals surface area contributed by atoms with Crippen molar-refractivity contribution < 1.29 is 9.52 Å². The van der Waals surface area contributed by atoms with Gasteiger partial charge >= 0.3 is 0 Å². The van der Waals surface area contributed by atoms with Crippen LogP contribution in [0.1, 0.15) is 27.3 Å². The van der Waals surface area contributed by atoms with Crippen molar-refractivity contribution in [3.63, 3.8) is 0 Å². The van der Waals surface area contributed by atoms with Gasteiger partial charge in [-0.3, -0.25) is 4.79 Å². The lowest BCUT2D eigenvalue weighted by Gasteiger charge is -2.12. The van der Waals surface area contributed by atoms with Crippen LogP contribution in [0.4, 0.5) is 0 Å². The Bertz CT molecular complexity index is 931. The SMILES string of the molecule is Cc1ccccc1-n1c(C)cc(C(=O)CSc2cccc[n+]2[O-])c1C. The Morgan fingerprint density at radius 3 is 2.56 bits per heavy atom. The van der Waals surface area contributed by atoms with E-state index in [4.69, 9.17) is 0 Å². The number of carbonyl (C=O) groups is 1. The van der Waals surface area contributed by atoms with E-state index >= 15 is 0 Å². The van der Waals surface area contributed by atoms with E-state index in [1.54, 1.807) is 18.2 Å². The van der Waals surface area contributed by atoms with Crippen LogP contribution in [-0.2, 0) is 0 Å². The minimum Gasteiger partial charge on any atom is -0.618 e. The first-order valence-corrected chi connectivity index (χ1v) is 9.06. The van der Waals surface area contributed by atoms with Crippen LogP contribution in [0.2, 0.25) is 0 Å². The summed E-state index contributed by atoms with van der Waals surface area (Å²) in [5, 5.41) is 12.2. The Kier molecular flexibility index (Phi) is 4.95. The zero-order valence-electron chi connectivity index (χ0n) is 14.5. The maximum Gasteiger partial charge on any atom is 0.251 e. The third kappa shape index (κ3) is 3.46. The van der Waals surface area contributed by atoms with Gasteiger partial charge in [0.2, 0.25) is 0 Å². The largest absolute Gasteiger partial charge is 0.618 e. The van der Waals surface area contributed by atoms with Crippen molar-refractivity contribution in [2.45, 2.75) is 25.8 Å². The molecule has 0 bridgehead atoms. The molecule has 4 nitrogen and oxygen atoms in total. The summed E-state index contributed by atoms with van der Waals surface area (Å²) in [5.74, 6) is 0.270. The summed E-state index contributed by atoms with van der Waals surface area (Å²) < 4.78 is 2.90. The fraction of sp³-hybridized carbons (Fsp3) is 0.200. The quantitative estimate of drug-likeness (QED) is 0.302. The van der Waals surface area contributed by atoms with Gasteiger partial charge in [0.1, 0.15) is 0 Å². The van der Waals surface area contributed by atoms with E-state index in [0.29, 0.717) is 10.6 Å². The Balaban J connectivity index is 1.86. The second-order valence-electron chi connectivity index (χ2n) is 5.98. The molecule has 0 unspecified atom stereocenters. The van der Waals surface area contributed by atoms with Gasteiger partial charge in [-0.05, 0) is 56.3 Å². The molecule has 128 valence electrons. The van der Waals surface area contributed by atoms with Crippen molar-refractivity contribution in [3.8, 4) is 5.69 Å². The smallest absolute Gasteiger partial charge is 0.251 e. The van der Waals surface area contributed by atoms with Gasteiger partial charge in [-0.1, -0.05) is 18.2 Å². The molecule has 0 saturated heterocycles. The zero-order valence-corrected chi connectivity index (χ0v) is 15.3. The second kappa shape index (κ2) is 7.15. The van der Waals surface area contributed by atoms with Crippen LogP contribution in [-0.4, -0.2) is 16.1 Å². The number of aromatic nitrogens is 2. The summed E-state index contributed by atoms with van der Waals surface area (Å²) in [6, 6.07) is 15.3. The lowest BCUT2D eigenvalue weighted by atomic mass is 10.1. The maximum absolute atomic E-state index is 12.7. The molecule has 0 atom stereocenters. The van der Waals surface area contributed by atoms with E-state index in [-0.39, 0.29) is 11.5 Å². The highest BCUT2D eigenvalue weighted by Crippen LogP contribution is 2.25. The van der Waals surface area contributed by atoms with Gasteiger partial charge in [0.25, 0.3) is 5.03 Å². The zero-order chi connectivity index (χ0) is 18.0. The van der Waals surface area contributed by atoms with E-state index in [0.717, 1.165) is 27.4 Å². The number of hydrogen-bond acceptors (Lipinski definition) is 3. The van der Waals surface area contributed by atoms with Gasteiger partial charge in [0.05, 0.1) is 5.75 Å². The number of thioether (sulfide) groups is 1.